The van der Waals surface area contributed by atoms with E-state index in [1.54, 1.807) is 6.92 Å². The topological polar surface area (TPSA) is 52.6 Å². The minimum atomic E-state index is -0.503. The molecule has 4 nitrogen and oxygen atoms in total. The van der Waals surface area contributed by atoms with Crippen molar-refractivity contribution in [2.75, 3.05) is 13.2 Å². The number of hydrogen-bond acceptors (Lipinski definition) is 4. The lowest BCUT2D eigenvalue weighted by Gasteiger charge is -2.04. The highest BCUT2D eigenvalue weighted by Gasteiger charge is 2.45. The van der Waals surface area contributed by atoms with E-state index in [0.29, 0.717) is 6.61 Å². The Bertz CT molecular complexity index is 469. The van der Waals surface area contributed by atoms with Crippen molar-refractivity contribution in [1.29, 1.82) is 0 Å². The maximum atomic E-state index is 11.7. The highest BCUT2D eigenvalue weighted by atomic mass is 79.9. The Morgan fingerprint density at radius 3 is 2.58 bits per heavy atom. The van der Waals surface area contributed by atoms with Crippen LogP contribution in [0.5, 0.6) is 0 Å². The zero-order valence-corrected chi connectivity index (χ0v) is 12.2. The zero-order chi connectivity index (χ0) is 13.8. The van der Waals surface area contributed by atoms with E-state index in [-0.39, 0.29) is 24.4 Å². The number of ether oxygens (including phenoxy) is 2. The van der Waals surface area contributed by atoms with Gasteiger partial charge in [-0.1, -0.05) is 28.1 Å². The first-order valence-electron chi connectivity index (χ1n) is 6.19. The molecule has 0 amide bonds. The smallest absolute Gasteiger partial charge is 0.344 e. The summed E-state index contributed by atoms with van der Waals surface area (Å²) >= 11 is 3.37. The van der Waals surface area contributed by atoms with Crippen molar-refractivity contribution in [3.05, 3.63) is 34.3 Å². The van der Waals surface area contributed by atoms with E-state index >= 15 is 0 Å². The van der Waals surface area contributed by atoms with Crippen molar-refractivity contribution < 1.29 is 19.1 Å². The van der Waals surface area contributed by atoms with E-state index in [9.17, 15) is 9.59 Å². The molecule has 2 atom stereocenters. The van der Waals surface area contributed by atoms with Gasteiger partial charge in [-0.05, 0) is 37.0 Å². The maximum Gasteiger partial charge on any atom is 0.344 e. The number of benzene rings is 1. The van der Waals surface area contributed by atoms with Gasteiger partial charge in [-0.15, -0.1) is 0 Å². The molecule has 0 saturated heterocycles. The molecule has 1 aromatic carbocycles. The summed E-state index contributed by atoms with van der Waals surface area (Å²) in [6.07, 6.45) is 0.781. The SMILES string of the molecule is CCOC(=O)COC(=O)C1CC1c1ccc(Br)cc1. The first kappa shape index (κ1) is 14.1. The molecule has 0 N–H and O–H groups in total. The van der Waals surface area contributed by atoms with Crippen LogP contribution in [0.1, 0.15) is 24.8 Å². The normalized spacial score (nSPS) is 20.7. The molecule has 0 spiro atoms. The fourth-order valence-corrected chi connectivity index (χ4v) is 2.24. The largest absolute Gasteiger partial charge is 0.463 e. The number of rotatable bonds is 5. The molecule has 1 aromatic rings. The van der Waals surface area contributed by atoms with Gasteiger partial charge in [0.05, 0.1) is 12.5 Å². The molecule has 1 aliphatic rings. The lowest BCUT2D eigenvalue weighted by atomic mass is 10.1. The molecule has 1 saturated carbocycles. The van der Waals surface area contributed by atoms with Gasteiger partial charge < -0.3 is 9.47 Å². The van der Waals surface area contributed by atoms with Gasteiger partial charge >= 0.3 is 11.9 Å². The van der Waals surface area contributed by atoms with E-state index in [0.717, 1.165) is 16.5 Å². The quantitative estimate of drug-likeness (QED) is 0.780. The summed E-state index contributed by atoms with van der Waals surface area (Å²) in [5, 5.41) is 0. The van der Waals surface area contributed by atoms with Crippen molar-refractivity contribution in [2.45, 2.75) is 19.3 Å². The molecule has 0 bridgehead atoms. The van der Waals surface area contributed by atoms with Gasteiger partial charge in [0.2, 0.25) is 0 Å². The van der Waals surface area contributed by atoms with E-state index in [2.05, 4.69) is 15.9 Å². The summed E-state index contributed by atoms with van der Waals surface area (Å²) in [6, 6.07) is 7.89. The summed E-state index contributed by atoms with van der Waals surface area (Å²) < 4.78 is 10.6. The highest BCUT2D eigenvalue weighted by Crippen LogP contribution is 2.48. The monoisotopic (exact) mass is 326 g/mol. The van der Waals surface area contributed by atoms with Crippen LogP contribution in [0.15, 0.2) is 28.7 Å². The van der Waals surface area contributed by atoms with Gasteiger partial charge in [0.1, 0.15) is 0 Å². The van der Waals surface area contributed by atoms with Gasteiger partial charge in [0.15, 0.2) is 6.61 Å². The van der Waals surface area contributed by atoms with Gasteiger partial charge in [0.25, 0.3) is 0 Å². The highest BCUT2D eigenvalue weighted by molar-refractivity contribution is 9.10. The average Bonchev–Trinajstić information content (AvgIpc) is 3.17. The summed E-state index contributed by atoms with van der Waals surface area (Å²) in [6.45, 7) is 1.71. The van der Waals surface area contributed by atoms with Crippen LogP contribution in [0, 0.1) is 5.92 Å². The van der Waals surface area contributed by atoms with E-state index in [4.69, 9.17) is 9.47 Å². The molecule has 102 valence electrons. The van der Waals surface area contributed by atoms with Gasteiger partial charge in [-0.2, -0.15) is 0 Å². The van der Waals surface area contributed by atoms with Crippen LogP contribution < -0.4 is 0 Å². The minimum absolute atomic E-state index is 0.129. The third-order valence-electron chi connectivity index (χ3n) is 3.03. The second kappa shape index (κ2) is 6.19. The minimum Gasteiger partial charge on any atom is -0.463 e. The molecular formula is C14H15BrO4. The van der Waals surface area contributed by atoms with Crippen LogP contribution in [0.4, 0.5) is 0 Å². The molecule has 1 aliphatic carbocycles. The van der Waals surface area contributed by atoms with E-state index < -0.39 is 5.97 Å². The predicted molar refractivity (Wildman–Crippen MR) is 72.6 cm³/mol. The van der Waals surface area contributed by atoms with Crippen molar-refractivity contribution in [1.82, 2.24) is 0 Å². The lowest BCUT2D eigenvalue weighted by Crippen LogP contribution is -2.17. The first-order valence-corrected chi connectivity index (χ1v) is 6.99. The maximum absolute atomic E-state index is 11.7. The van der Waals surface area contributed by atoms with Crippen molar-refractivity contribution in [3.63, 3.8) is 0 Å². The molecule has 5 heteroatoms. The predicted octanol–water partition coefficient (Wildman–Crippen LogP) is 2.66. The van der Waals surface area contributed by atoms with Crippen molar-refractivity contribution >= 4 is 27.9 Å². The molecule has 0 aromatic heterocycles. The fraction of sp³-hybridized carbons (Fsp3) is 0.429. The van der Waals surface area contributed by atoms with Crippen LogP contribution in [0.2, 0.25) is 0 Å². The summed E-state index contributed by atoms with van der Waals surface area (Å²) in [5.74, 6) is -0.740. The number of carbonyl (C=O) groups is 2. The average molecular weight is 327 g/mol. The van der Waals surface area contributed by atoms with Crippen molar-refractivity contribution in [2.24, 2.45) is 5.92 Å². The third-order valence-corrected chi connectivity index (χ3v) is 3.56. The Balaban J connectivity index is 1.80. The van der Waals surface area contributed by atoms with E-state index in [1.807, 2.05) is 24.3 Å². The standard InChI is InChI=1S/C14H15BrO4/c1-2-18-13(16)8-19-14(17)12-7-11(12)9-3-5-10(15)6-4-9/h3-6,11-12H,2,7-8H2,1H3. The number of hydrogen-bond donors (Lipinski definition) is 0. The van der Waals surface area contributed by atoms with Gasteiger partial charge in [0, 0.05) is 4.47 Å². The molecule has 0 heterocycles. The van der Waals surface area contributed by atoms with Crippen LogP contribution in [-0.4, -0.2) is 25.2 Å². The summed E-state index contributed by atoms with van der Waals surface area (Å²) in [4.78, 5) is 22.8. The summed E-state index contributed by atoms with van der Waals surface area (Å²) in [7, 11) is 0. The molecule has 2 unspecified atom stereocenters. The molecule has 1 fully saturated rings. The Morgan fingerprint density at radius 1 is 1.26 bits per heavy atom. The third kappa shape index (κ3) is 3.80. The van der Waals surface area contributed by atoms with Crippen LogP contribution in [0.3, 0.4) is 0 Å². The second-order valence-corrected chi connectivity index (χ2v) is 5.33. The van der Waals surface area contributed by atoms with Gasteiger partial charge in [-0.3, -0.25) is 4.79 Å². The Morgan fingerprint density at radius 2 is 1.95 bits per heavy atom. The lowest BCUT2D eigenvalue weighted by molar-refractivity contribution is -0.159. The van der Waals surface area contributed by atoms with Crippen molar-refractivity contribution in [3.8, 4) is 0 Å². The first-order chi connectivity index (χ1) is 9.11. The number of halogens is 1. The Hall–Kier alpha value is -1.36. The summed E-state index contributed by atoms with van der Waals surface area (Å²) in [5.41, 5.74) is 1.13. The molecule has 2 rings (SSSR count). The Kier molecular flexibility index (Phi) is 4.58. The Labute approximate surface area is 120 Å². The van der Waals surface area contributed by atoms with Crippen LogP contribution in [-0.2, 0) is 19.1 Å². The van der Waals surface area contributed by atoms with Crippen LogP contribution >= 0.6 is 15.9 Å². The number of esters is 2. The fourth-order valence-electron chi connectivity index (χ4n) is 1.97. The molecule has 0 aliphatic heterocycles. The van der Waals surface area contributed by atoms with Crippen LogP contribution in [0.25, 0.3) is 0 Å². The zero-order valence-electron chi connectivity index (χ0n) is 10.6. The molecule has 19 heavy (non-hydrogen) atoms. The molecular weight excluding hydrogens is 312 g/mol. The second-order valence-electron chi connectivity index (χ2n) is 4.41. The van der Waals surface area contributed by atoms with E-state index in [1.165, 1.54) is 0 Å². The van der Waals surface area contributed by atoms with Gasteiger partial charge in [-0.25, -0.2) is 4.79 Å². The number of carbonyl (C=O) groups excluding carboxylic acids is 2. The molecule has 0 radical (unpaired) electrons.